The summed E-state index contributed by atoms with van der Waals surface area (Å²) in [6, 6.07) is 23.3. The molecule has 4 heterocycles. The normalized spacial score (nSPS) is 14.8. The number of fused-ring (bicyclic) bond motifs is 3. The molecular formula is C29H24N6S. The molecule has 6 nitrogen and oxygen atoms in total. The molecule has 0 aliphatic heterocycles. The Kier molecular flexibility index (Phi) is 4.77. The van der Waals surface area contributed by atoms with E-state index in [0.717, 1.165) is 68.3 Å². The first kappa shape index (κ1) is 21.4. The van der Waals surface area contributed by atoms with E-state index in [4.69, 9.17) is 10.7 Å². The van der Waals surface area contributed by atoms with Crippen molar-refractivity contribution in [3.05, 3.63) is 88.9 Å². The molecule has 2 N–H and O–H groups in total. The lowest BCUT2D eigenvalue weighted by Crippen LogP contribution is -2.43. The van der Waals surface area contributed by atoms with Crippen LogP contribution in [0, 0.1) is 6.92 Å². The van der Waals surface area contributed by atoms with Gasteiger partial charge in [0.1, 0.15) is 5.69 Å². The average molecular weight is 489 g/mol. The molecule has 0 bridgehead atoms. The molecule has 0 atom stereocenters. The second kappa shape index (κ2) is 8.05. The van der Waals surface area contributed by atoms with Crippen molar-refractivity contribution in [1.82, 2.24) is 24.6 Å². The van der Waals surface area contributed by atoms with Crippen LogP contribution in [0.3, 0.4) is 0 Å². The lowest BCUT2D eigenvalue weighted by Gasteiger charge is -2.38. The van der Waals surface area contributed by atoms with Crippen LogP contribution in [0.5, 0.6) is 0 Å². The van der Waals surface area contributed by atoms with Crippen LogP contribution >= 0.6 is 11.3 Å². The van der Waals surface area contributed by atoms with E-state index in [-0.39, 0.29) is 5.54 Å². The van der Waals surface area contributed by atoms with Gasteiger partial charge in [0.2, 0.25) is 0 Å². The Balaban J connectivity index is 1.42. The molecule has 0 radical (unpaired) electrons. The molecule has 1 aliphatic rings. The number of nitrogens with zero attached hydrogens (tertiary/aromatic N) is 5. The third-order valence-corrected chi connectivity index (χ3v) is 8.06. The summed E-state index contributed by atoms with van der Waals surface area (Å²) in [6.45, 7) is 2.00. The molecular weight excluding hydrogens is 464 g/mol. The number of pyridine rings is 2. The monoisotopic (exact) mass is 488 g/mol. The number of benzene rings is 2. The summed E-state index contributed by atoms with van der Waals surface area (Å²) in [5, 5.41) is 13.0. The van der Waals surface area contributed by atoms with E-state index in [2.05, 4.69) is 69.8 Å². The Morgan fingerprint density at radius 2 is 1.72 bits per heavy atom. The maximum Gasteiger partial charge on any atom is 0.187 e. The Bertz CT molecular complexity index is 1730. The molecule has 1 saturated carbocycles. The zero-order valence-corrected chi connectivity index (χ0v) is 20.7. The van der Waals surface area contributed by atoms with Crippen LogP contribution in [-0.4, -0.2) is 24.6 Å². The minimum absolute atomic E-state index is 0.176. The van der Waals surface area contributed by atoms with Crippen LogP contribution in [0.2, 0.25) is 0 Å². The van der Waals surface area contributed by atoms with Crippen molar-refractivity contribution in [3.8, 4) is 33.9 Å². The van der Waals surface area contributed by atoms with Gasteiger partial charge in [0.05, 0.1) is 16.2 Å². The van der Waals surface area contributed by atoms with Crippen molar-refractivity contribution >= 4 is 27.9 Å². The van der Waals surface area contributed by atoms with Gasteiger partial charge in [0.15, 0.2) is 11.5 Å². The predicted octanol–water partition coefficient (Wildman–Crippen LogP) is 6.38. The summed E-state index contributed by atoms with van der Waals surface area (Å²) >= 11 is 1.61. The number of rotatable bonds is 4. The Morgan fingerprint density at radius 3 is 2.42 bits per heavy atom. The van der Waals surface area contributed by atoms with Crippen molar-refractivity contribution in [2.75, 3.05) is 0 Å². The first-order chi connectivity index (χ1) is 17.6. The molecule has 0 amide bonds. The Hall–Kier alpha value is -3.94. The Labute approximate surface area is 212 Å². The molecule has 7 rings (SSSR count). The van der Waals surface area contributed by atoms with Gasteiger partial charge in [-0.2, -0.15) is 0 Å². The number of aromatic nitrogens is 5. The van der Waals surface area contributed by atoms with E-state index in [1.165, 1.54) is 12.0 Å². The van der Waals surface area contributed by atoms with Crippen molar-refractivity contribution < 1.29 is 0 Å². The highest BCUT2D eigenvalue weighted by Crippen LogP contribution is 2.40. The summed E-state index contributed by atoms with van der Waals surface area (Å²) in [5.74, 6) is 0.740. The SMILES string of the molecule is Cc1nc(-c2nnc3c4cc(-c5ccccc5)c(-c5ccc(C6(N)CCC6)cc5)nc4ccn23)cs1. The number of nitrogens with two attached hydrogens (primary N) is 1. The highest BCUT2D eigenvalue weighted by atomic mass is 32.1. The maximum atomic E-state index is 6.57. The van der Waals surface area contributed by atoms with E-state index >= 15 is 0 Å². The van der Waals surface area contributed by atoms with Gasteiger partial charge in [-0.15, -0.1) is 21.5 Å². The third-order valence-electron chi connectivity index (χ3n) is 7.28. The minimum Gasteiger partial charge on any atom is -0.321 e. The molecule has 176 valence electrons. The van der Waals surface area contributed by atoms with Crippen molar-refractivity contribution in [2.45, 2.75) is 31.7 Å². The molecule has 1 aliphatic carbocycles. The molecule has 0 spiro atoms. The summed E-state index contributed by atoms with van der Waals surface area (Å²) in [6.07, 6.45) is 5.28. The van der Waals surface area contributed by atoms with Crippen molar-refractivity contribution in [3.63, 3.8) is 0 Å². The third kappa shape index (κ3) is 3.35. The van der Waals surface area contributed by atoms with Crippen LogP contribution < -0.4 is 5.73 Å². The molecule has 2 aromatic carbocycles. The zero-order valence-electron chi connectivity index (χ0n) is 19.8. The second-order valence-corrected chi connectivity index (χ2v) is 10.6. The van der Waals surface area contributed by atoms with Crippen LogP contribution in [-0.2, 0) is 5.54 Å². The highest BCUT2D eigenvalue weighted by molar-refractivity contribution is 7.09. The quantitative estimate of drug-likeness (QED) is 0.311. The lowest BCUT2D eigenvalue weighted by molar-refractivity contribution is 0.253. The van der Waals surface area contributed by atoms with Gasteiger partial charge in [-0.1, -0.05) is 54.6 Å². The van der Waals surface area contributed by atoms with Crippen LogP contribution in [0.25, 0.3) is 50.5 Å². The lowest BCUT2D eigenvalue weighted by atomic mass is 9.72. The van der Waals surface area contributed by atoms with Gasteiger partial charge < -0.3 is 5.73 Å². The topological polar surface area (TPSA) is 82.0 Å². The minimum atomic E-state index is -0.176. The summed E-state index contributed by atoms with van der Waals surface area (Å²) in [7, 11) is 0. The zero-order chi connectivity index (χ0) is 24.3. The van der Waals surface area contributed by atoms with Gasteiger partial charge in [0, 0.05) is 33.6 Å². The molecule has 1 fully saturated rings. The molecule has 4 aromatic heterocycles. The van der Waals surface area contributed by atoms with Crippen molar-refractivity contribution in [1.29, 1.82) is 0 Å². The van der Waals surface area contributed by atoms with Gasteiger partial charge in [0.25, 0.3) is 0 Å². The fraction of sp³-hybridized carbons (Fsp3) is 0.172. The first-order valence-corrected chi connectivity index (χ1v) is 13.0. The van der Waals surface area contributed by atoms with E-state index in [1.54, 1.807) is 11.3 Å². The second-order valence-electron chi connectivity index (χ2n) is 9.56. The maximum absolute atomic E-state index is 6.57. The van der Waals surface area contributed by atoms with Crippen molar-refractivity contribution in [2.24, 2.45) is 5.73 Å². The first-order valence-electron chi connectivity index (χ1n) is 12.2. The van der Waals surface area contributed by atoms with Crippen LogP contribution in [0.15, 0.2) is 78.3 Å². The number of hydrogen-bond donors (Lipinski definition) is 1. The summed E-state index contributed by atoms with van der Waals surface area (Å²) < 4.78 is 2.00. The fourth-order valence-corrected chi connectivity index (χ4v) is 5.69. The predicted molar refractivity (Wildman–Crippen MR) is 145 cm³/mol. The van der Waals surface area contributed by atoms with Gasteiger partial charge >= 0.3 is 0 Å². The molecule has 36 heavy (non-hydrogen) atoms. The molecule has 0 unspecified atom stereocenters. The summed E-state index contributed by atoms with van der Waals surface area (Å²) in [4.78, 5) is 9.77. The molecule has 6 aromatic rings. The van der Waals surface area contributed by atoms with Gasteiger partial charge in [-0.05, 0) is 49.4 Å². The number of hydrogen-bond acceptors (Lipinski definition) is 6. The highest BCUT2D eigenvalue weighted by Gasteiger charge is 2.34. The standard InChI is InChI=1S/C29H24N6S/c1-18-31-25(17-36-18)28-34-33-27-23-16-22(19-6-3-2-4-7-19)26(32-24(23)12-15-35(27)28)20-8-10-21(11-9-20)29(30)13-5-14-29/h2-4,6-12,15-17H,5,13-14,30H2,1H3. The van der Waals surface area contributed by atoms with E-state index in [1.807, 2.05) is 35.0 Å². The summed E-state index contributed by atoms with van der Waals surface area (Å²) in [5.41, 5.74) is 14.3. The van der Waals surface area contributed by atoms with Crippen LogP contribution in [0.4, 0.5) is 0 Å². The van der Waals surface area contributed by atoms with E-state index in [0.29, 0.717) is 0 Å². The number of aryl methyl sites for hydroxylation is 1. The van der Waals surface area contributed by atoms with Gasteiger partial charge in [-0.25, -0.2) is 9.97 Å². The Morgan fingerprint density at radius 1 is 0.917 bits per heavy atom. The molecule has 7 heteroatoms. The van der Waals surface area contributed by atoms with E-state index < -0.39 is 0 Å². The fourth-order valence-electron chi connectivity index (χ4n) is 5.10. The number of thiazole rings is 1. The van der Waals surface area contributed by atoms with Crippen LogP contribution in [0.1, 0.15) is 29.8 Å². The molecule has 0 saturated heterocycles. The largest absolute Gasteiger partial charge is 0.321 e. The van der Waals surface area contributed by atoms with E-state index in [9.17, 15) is 0 Å². The van der Waals surface area contributed by atoms with Gasteiger partial charge in [-0.3, -0.25) is 4.40 Å². The smallest absolute Gasteiger partial charge is 0.187 e. The average Bonchev–Trinajstić information content (AvgIpc) is 3.53.